The maximum absolute atomic E-state index is 9.07. The van der Waals surface area contributed by atoms with Crippen molar-refractivity contribution in [3.05, 3.63) is 0 Å². The van der Waals surface area contributed by atoms with Crippen molar-refractivity contribution in [3.63, 3.8) is 0 Å². The Morgan fingerprint density at radius 1 is 1.50 bits per heavy atom. The second kappa shape index (κ2) is 6.58. The van der Waals surface area contributed by atoms with Crippen LogP contribution in [-0.4, -0.2) is 41.8 Å². The second-order valence-corrected chi connectivity index (χ2v) is 5.63. The van der Waals surface area contributed by atoms with Gasteiger partial charge in [0.15, 0.2) is 0 Å². The largest absolute Gasteiger partial charge is 0.394 e. The number of likely N-dealkylation sites (tertiary alicyclic amines) is 1. The van der Waals surface area contributed by atoms with E-state index < -0.39 is 0 Å². The molecule has 1 saturated heterocycles. The molecule has 0 amide bonds. The number of rotatable bonds is 6. The maximum atomic E-state index is 9.07. The highest BCUT2D eigenvalue weighted by atomic mass is 16.3. The Kier molecular flexibility index (Phi) is 5.73. The molecular weight excluding hydrogens is 200 g/mol. The number of nitrogens with zero attached hydrogens (tertiary/aromatic N) is 1. The Morgan fingerprint density at radius 2 is 2.25 bits per heavy atom. The average molecular weight is 228 g/mol. The molecule has 1 fully saturated rings. The monoisotopic (exact) mass is 228 g/mol. The Balaban J connectivity index is 2.17. The summed E-state index contributed by atoms with van der Waals surface area (Å²) in [7, 11) is 0. The second-order valence-electron chi connectivity index (χ2n) is 5.63. The summed E-state index contributed by atoms with van der Waals surface area (Å²) >= 11 is 0. The molecule has 0 aromatic rings. The SMILES string of the molecule is CCC1CCCN(CCCC(C)(N)CO)C1. The van der Waals surface area contributed by atoms with Crippen molar-refractivity contribution >= 4 is 0 Å². The van der Waals surface area contributed by atoms with E-state index in [-0.39, 0.29) is 12.1 Å². The Bertz CT molecular complexity index is 194. The molecule has 2 atom stereocenters. The molecule has 3 nitrogen and oxygen atoms in total. The van der Waals surface area contributed by atoms with Crippen LogP contribution >= 0.6 is 0 Å². The molecule has 0 aromatic carbocycles. The molecule has 0 saturated carbocycles. The van der Waals surface area contributed by atoms with Gasteiger partial charge in [0.2, 0.25) is 0 Å². The fourth-order valence-electron chi connectivity index (χ4n) is 2.47. The first-order chi connectivity index (χ1) is 7.57. The molecule has 1 aliphatic rings. The molecule has 96 valence electrons. The van der Waals surface area contributed by atoms with E-state index >= 15 is 0 Å². The van der Waals surface area contributed by atoms with Crippen molar-refractivity contribution < 1.29 is 5.11 Å². The molecule has 0 aromatic heterocycles. The summed E-state index contributed by atoms with van der Waals surface area (Å²) in [6.45, 7) is 7.95. The van der Waals surface area contributed by atoms with Crippen LogP contribution in [0.15, 0.2) is 0 Å². The van der Waals surface area contributed by atoms with Crippen LogP contribution in [0.2, 0.25) is 0 Å². The minimum Gasteiger partial charge on any atom is -0.394 e. The number of aliphatic hydroxyl groups is 1. The van der Waals surface area contributed by atoms with Crippen molar-refractivity contribution in [1.82, 2.24) is 4.90 Å². The van der Waals surface area contributed by atoms with Crippen LogP contribution in [0, 0.1) is 5.92 Å². The van der Waals surface area contributed by atoms with Gasteiger partial charge in [0, 0.05) is 12.1 Å². The van der Waals surface area contributed by atoms with Crippen LogP contribution in [0.25, 0.3) is 0 Å². The predicted octanol–water partition coefficient (Wildman–Crippen LogP) is 1.60. The summed E-state index contributed by atoms with van der Waals surface area (Å²) < 4.78 is 0. The van der Waals surface area contributed by atoms with Crippen LogP contribution in [-0.2, 0) is 0 Å². The Labute approximate surface area is 100 Å². The summed E-state index contributed by atoms with van der Waals surface area (Å²) in [5, 5.41) is 9.07. The summed E-state index contributed by atoms with van der Waals surface area (Å²) in [6.07, 6.45) is 6.07. The van der Waals surface area contributed by atoms with Gasteiger partial charge in [-0.1, -0.05) is 13.3 Å². The van der Waals surface area contributed by atoms with E-state index in [4.69, 9.17) is 10.8 Å². The highest BCUT2D eigenvalue weighted by molar-refractivity contribution is 4.78. The standard InChI is InChI=1S/C13H28N2O/c1-3-12-6-4-8-15(10-12)9-5-7-13(2,14)11-16/h12,16H,3-11,14H2,1-2H3. The number of piperidine rings is 1. The molecule has 1 heterocycles. The number of nitrogens with two attached hydrogens (primary N) is 1. The van der Waals surface area contributed by atoms with Crippen LogP contribution in [0.5, 0.6) is 0 Å². The molecule has 3 N–H and O–H groups in total. The van der Waals surface area contributed by atoms with Gasteiger partial charge < -0.3 is 15.7 Å². The highest BCUT2D eigenvalue weighted by Crippen LogP contribution is 2.19. The fourth-order valence-corrected chi connectivity index (χ4v) is 2.47. The quantitative estimate of drug-likeness (QED) is 0.726. The van der Waals surface area contributed by atoms with E-state index in [1.54, 1.807) is 0 Å². The zero-order valence-electron chi connectivity index (χ0n) is 10.9. The van der Waals surface area contributed by atoms with Crippen LogP contribution in [0.4, 0.5) is 0 Å². The van der Waals surface area contributed by atoms with E-state index in [0.29, 0.717) is 0 Å². The zero-order valence-corrected chi connectivity index (χ0v) is 10.9. The fraction of sp³-hybridized carbons (Fsp3) is 1.00. The van der Waals surface area contributed by atoms with Crippen molar-refractivity contribution in [2.75, 3.05) is 26.2 Å². The number of hydrogen-bond acceptors (Lipinski definition) is 3. The van der Waals surface area contributed by atoms with E-state index in [0.717, 1.165) is 25.3 Å². The summed E-state index contributed by atoms with van der Waals surface area (Å²) in [4.78, 5) is 2.56. The molecular formula is C13H28N2O. The maximum Gasteiger partial charge on any atom is 0.0608 e. The molecule has 3 heteroatoms. The number of hydrogen-bond donors (Lipinski definition) is 2. The van der Waals surface area contributed by atoms with E-state index in [1.165, 1.54) is 32.4 Å². The lowest BCUT2D eigenvalue weighted by Gasteiger charge is -2.33. The first-order valence-corrected chi connectivity index (χ1v) is 6.69. The van der Waals surface area contributed by atoms with Gasteiger partial charge in [-0.3, -0.25) is 0 Å². The molecule has 0 aliphatic carbocycles. The molecule has 16 heavy (non-hydrogen) atoms. The third-order valence-corrected chi connectivity index (χ3v) is 3.76. The highest BCUT2D eigenvalue weighted by Gasteiger charge is 2.20. The van der Waals surface area contributed by atoms with Crippen molar-refractivity contribution in [1.29, 1.82) is 0 Å². The van der Waals surface area contributed by atoms with Gasteiger partial charge in [-0.15, -0.1) is 0 Å². The van der Waals surface area contributed by atoms with Gasteiger partial charge in [-0.05, 0) is 51.6 Å². The lowest BCUT2D eigenvalue weighted by atomic mass is 9.94. The summed E-state index contributed by atoms with van der Waals surface area (Å²) in [6, 6.07) is 0. The van der Waals surface area contributed by atoms with Gasteiger partial charge in [-0.25, -0.2) is 0 Å². The number of aliphatic hydroxyl groups excluding tert-OH is 1. The van der Waals surface area contributed by atoms with Crippen molar-refractivity contribution in [2.24, 2.45) is 11.7 Å². The molecule has 1 aliphatic heterocycles. The van der Waals surface area contributed by atoms with Gasteiger partial charge >= 0.3 is 0 Å². The van der Waals surface area contributed by atoms with Crippen LogP contribution in [0.3, 0.4) is 0 Å². The smallest absolute Gasteiger partial charge is 0.0608 e. The Hall–Kier alpha value is -0.120. The lowest BCUT2D eigenvalue weighted by Crippen LogP contribution is -2.41. The van der Waals surface area contributed by atoms with Gasteiger partial charge in [0.25, 0.3) is 0 Å². The van der Waals surface area contributed by atoms with Crippen LogP contribution in [0.1, 0.15) is 46.0 Å². The van der Waals surface area contributed by atoms with E-state index in [9.17, 15) is 0 Å². The average Bonchev–Trinajstić information content (AvgIpc) is 2.29. The predicted molar refractivity (Wildman–Crippen MR) is 68.4 cm³/mol. The molecule has 1 rings (SSSR count). The molecule has 0 bridgehead atoms. The van der Waals surface area contributed by atoms with Gasteiger partial charge in [0.1, 0.15) is 0 Å². The molecule has 0 spiro atoms. The third-order valence-electron chi connectivity index (χ3n) is 3.76. The first kappa shape index (κ1) is 13.9. The Morgan fingerprint density at radius 3 is 2.88 bits per heavy atom. The van der Waals surface area contributed by atoms with Crippen molar-refractivity contribution in [2.45, 2.75) is 51.5 Å². The molecule has 0 radical (unpaired) electrons. The van der Waals surface area contributed by atoms with E-state index in [2.05, 4.69) is 11.8 Å². The minimum absolute atomic E-state index is 0.0879. The van der Waals surface area contributed by atoms with Crippen LogP contribution < -0.4 is 5.73 Å². The van der Waals surface area contributed by atoms with E-state index in [1.807, 2.05) is 6.92 Å². The lowest BCUT2D eigenvalue weighted by molar-refractivity contribution is 0.155. The van der Waals surface area contributed by atoms with Gasteiger partial charge in [0.05, 0.1) is 6.61 Å². The third kappa shape index (κ3) is 4.81. The normalized spacial score (nSPS) is 26.6. The molecule has 2 unspecified atom stereocenters. The summed E-state index contributed by atoms with van der Waals surface area (Å²) in [5.41, 5.74) is 5.53. The zero-order chi connectivity index (χ0) is 12.0. The topological polar surface area (TPSA) is 49.5 Å². The van der Waals surface area contributed by atoms with Gasteiger partial charge in [-0.2, -0.15) is 0 Å². The van der Waals surface area contributed by atoms with Crippen molar-refractivity contribution in [3.8, 4) is 0 Å². The minimum atomic E-state index is -0.389. The summed E-state index contributed by atoms with van der Waals surface area (Å²) in [5.74, 6) is 0.899. The first-order valence-electron chi connectivity index (χ1n) is 6.69.